The molecule has 108 valence electrons. The third-order valence-electron chi connectivity index (χ3n) is 4.48. The second-order valence-electron chi connectivity index (χ2n) is 6.17. The Morgan fingerprint density at radius 2 is 2.05 bits per heavy atom. The summed E-state index contributed by atoms with van der Waals surface area (Å²) in [4.78, 5) is 0. The van der Waals surface area contributed by atoms with Gasteiger partial charge in [-0.1, -0.05) is 31.7 Å². The summed E-state index contributed by atoms with van der Waals surface area (Å²) in [5.74, 6) is 0.507. The standard InChI is InChI=1S/C17H26N3/c1-5-11-20(4)13-14(2)17(12-15(20)3)19-18-16-9-7-6-8-10-16/h5-10,14-15,18H,1,11-13H2,2-4H3/q+1/b19-17+/t14-,15-,20-/m1/s1. The fourth-order valence-corrected chi connectivity index (χ4v) is 2.99. The van der Waals surface area contributed by atoms with Crippen molar-refractivity contribution in [1.29, 1.82) is 0 Å². The van der Waals surface area contributed by atoms with Crippen molar-refractivity contribution in [2.24, 2.45) is 11.0 Å². The molecule has 3 nitrogen and oxygen atoms in total. The van der Waals surface area contributed by atoms with E-state index in [1.807, 2.05) is 36.4 Å². The Labute approximate surface area is 122 Å². The molecule has 3 atom stereocenters. The van der Waals surface area contributed by atoms with Crippen molar-refractivity contribution in [2.75, 3.05) is 25.6 Å². The zero-order valence-electron chi connectivity index (χ0n) is 12.8. The lowest BCUT2D eigenvalue weighted by molar-refractivity contribution is -0.930. The number of para-hydroxylation sites is 1. The average molecular weight is 272 g/mol. The van der Waals surface area contributed by atoms with Gasteiger partial charge in [0.05, 0.1) is 37.6 Å². The van der Waals surface area contributed by atoms with E-state index in [9.17, 15) is 0 Å². The maximum atomic E-state index is 4.64. The van der Waals surface area contributed by atoms with Crippen LogP contribution in [0.25, 0.3) is 0 Å². The summed E-state index contributed by atoms with van der Waals surface area (Å²) in [5.41, 5.74) is 5.51. The van der Waals surface area contributed by atoms with E-state index in [0.29, 0.717) is 12.0 Å². The van der Waals surface area contributed by atoms with Gasteiger partial charge < -0.3 is 4.48 Å². The molecule has 1 aromatic carbocycles. The molecule has 1 aliphatic heterocycles. The molecular formula is C17H26N3+. The number of hydrazone groups is 1. The van der Waals surface area contributed by atoms with E-state index < -0.39 is 0 Å². The SMILES string of the molecule is C=CC[N@+]1(C)C[C@@H](C)/C(=N/Nc2ccccc2)C[C@H]1C. The van der Waals surface area contributed by atoms with Crippen LogP contribution in [0.3, 0.4) is 0 Å². The number of rotatable bonds is 4. The average Bonchev–Trinajstić information content (AvgIpc) is 2.43. The Morgan fingerprint density at radius 1 is 1.35 bits per heavy atom. The minimum absolute atomic E-state index is 0.507. The monoisotopic (exact) mass is 272 g/mol. The highest BCUT2D eigenvalue weighted by molar-refractivity contribution is 5.88. The molecule has 0 spiro atoms. The minimum atomic E-state index is 0.507. The molecule has 1 N–H and O–H groups in total. The molecule has 0 amide bonds. The number of benzene rings is 1. The predicted octanol–water partition coefficient (Wildman–Crippen LogP) is 3.52. The Hall–Kier alpha value is -1.61. The molecule has 1 saturated heterocycles. The van der Waals surface area contributed by atoms with E-state index in [2.05, 4.69) is 38.0 Å². The molecule has 3 heteroatoms. The zero-order valence-corrected chi connectivity index (χ0v) is 12.8. The summed E-state index contributed by atoms with van der Waals surface area (Å²) in [6.45, 7) is 10.6. The van der Waals surface area contributed by atoms with Crippen LogP contribution in [0.5, 0.6) is 0 Å². The van der Waals surface area contributed by atoms with Gasteiger partial charge in [-0.25, -0.2) is 0 Å². The van der Waals surface area contributed by atoms with Gasteiger partial charge in [0.15, 0.2) is 0 Å². The lowest BCUT2D eigenvalue weighted by atomic mass is 9.90. The summed E-state index contributed by atoms with van der Waals surface area (Å²) in [7, 11) is 2.32. The molecule has 1 aromatic rings. The van der Waals surface area contributed by atoms with Gasteiger partial charge in [-0.2, -0.15) is 5.10 Å². The van der Waals surface area contributed by atoms with Crippen molar-refractivity contribution >= 4 is 11.4 Å². The highest BCUT2D eigenvalue weighted by Gasteiger charge is 2.38. The molecule has 0 aliphatic carbocycles. The van der Waals surface area contributed by atoms with Crippen LogP contribution in [0.2, 0.25) is 0 Å². The second-order valence-corrected chi connectivity index (χ2v) is 6.17. The molecule has 0 unspecified atom stereocenters. The van der Waals surface area contributed by atoms with Gasteiger partial charge >= 0.3 is 0 Å². The van der Waals surface area contributed by atoms with Crippen molar-refractivity contribution in [3.63, 3.8) is 0 Å². The van der Waals surface area contributed by atoms with Crippen molar-refractivity contribution in [3.05, 3.63) is 43.0 Å². The van der Waals surface area contributed by atoms with Gasteiger partial charge in [-0.05, 0) is 25.1 Å². The quantitative estimate of drug-likeness (QED) is 0.506. The predicted molar refractivity (Wildman–Crippen MR) is 86.9 cm³/mol. The number of quaternary nitrogens is 1. The van der Waals surface area contributed by atoms with Crippen LogP contribution in [0.15, 0.2) is 48.1 Å². The summed E-state index contributed by atoms with van der Waals surface area (Å²) >= 11 is 0. The van der Waals surface area contributed by atoms with Gasteiger partial charge in [-0.15, -0.1) is 0 Å². The fourth-order valence-electron chi connectivity index (χ4n) is 2.99. The Balaban J connectivity index is 2.06. The first-order valence-corrected chi connectivity index (χ1v) is 7.38. The molecule has 0 aromatic heterocycles. The van der Waals surface area contributed by atoms with E-state index >= 15 is 0 Å². The third kappa shape index (κ3) is 3.28. The molecule has 1 heterocycles. The summed E-state index contributed by atoms with van der Waals surface area (Å²) < 4.78 is 1.06. The summed E-state index contributed by atoms with van der Waals surface area (Å²) in [5, 5.41) is 4.64. The number of nitrogens with zero attached hydrogens (tertiary/aromatic N) is 2. The first-order valence-electron chi connectivity index (χ1n) is 7.38. The zero-order chi connectivity index (χ0) is 14.6. The minimum Gasteiger partial charge on any atom is -0.320 e. The first kappa shape index (κ1) is 14.8. The summed E-state index contributed by atoms with van der Waals surface area (Å²) in [6, 6.07) is 10.7. The molecule has 1 aliphatic rings. The summed E-state index contributed by atoms with van der Waals surface area (Å²) in [6.07, 6.45) is 3.08. The van der Waals surface area contributed by atoms with Gasteiger partial charge in [0.25, 0.3) is 0 Å². The van der Waals surface area contributed by atoms with Gasteiger partial charge in [0.1, 0.15) is 0 Å². The maximum Gasteiger partial charge on any atom is 0.0971 e. The number of nitrogens with one attached hydrogen (secondary N) is 1. The van der Waals surface area contributed by atoms with Crippen LogP contribution in [0.1, 0.15) is 20.3 Å². The molecule has 1 fully saturated rings. The van der Waals surface area contributed by atoms with Crippen molar-refractivity contribution < 1.29 is 4.48 Å². The van der Waals surface area contributed by atoms with Gasteiger partial charge in [0.2, 0.25) is 0 Å². The molecule has 0 bridgehead atoms. The van der Waals surface area contributed by atoms with Gasteiger partial charge in [0, 0.05) is 12.3 Å². The van der Waals surface area contributed by atoms with Crippen LogP contribution >= 0.6 is 0 Å². The highest BCUT2D eigenvalue weighted by atomic mass is 15.4. The van der Waals surface area contributed by atoms with Crippen molar-refractivity contribution in [2.45, 2.75) is 26.3 Å². The first-order chi connectivity index (χ1) is 9.55. The van der Waals surface area contributed by atoms with E-state index in [1.165, 1.54) is 5.71 Å². The van der Waals surface area contributed by atoms with E-state index in [-0.39, 0.29) is 0 Å². The smallest absolute Gasteiger partial charge is 0.0971 e. The lowest BCUT2D eigenvalue weighted by Gasteiger charge is -2.45. The number of likely N-dealkylation sites (N-methyl/N-ethyl adjacent to an activating group) is 1. The largest absolute Gasteiger partial charge is 0.320 e. The van der Waals surface area contributed by atoms with Crippen LogP contribution < -0.4 is 5.43 Å². The van der Waals surface area contributed by atoms with Crippen molar-refractivity contribution in [1.82, 2.24) is 0 Å². The van der Waals surface area contributed by atoms with E-state index in [0.717, 1.165) is 29.7 Å². The number of piperidine rings is 1. The fraction of sp³-hybridized carbons (Fsp3) is 0.471. The highest BCUT2D eigenvalue weighted by Crippen LogP contribution is 2.26. The van der Waals surface area contributed by atoms with E-state index in [4.69, 9.17) is 0 Å². The number of hydrogen-bond donors (Lipinski definition) is 1. The Bertz CT molecular complexity index is 480. The molecule has 0 saturated carbocycles. The molecule has 20 heavy (non-hydrogen) atoms. The number of likely N-dealkylation sites (tertiary alicyclic amines) is 1. The van der Waals surface area contributed by atoms with Crippen LogP contribution in [0.4, 0.5) is 5.69 Å². The third-order valence-corrected chi connectivity index (χ3v) is 4.48. The maximum absolute atomic E-state index is 4.64. The number of anilines is 1. The van der Waals surface area contributed by atoms with E-state index in [1.54, 1.807) is 0 Å². The van der Waals surface area contributed by atoms with Gasteiger partial charge in [-0.3, -0.25) is 5.43 Å². The normalized spacial score (nSPS) is 32.0. The van der Waals surface area contributed by atoms with Crippen LogP contribution in [-0.2, 0) is 0 Å². The second kappa shape index (κ2) is 6.23. The Kier molecular flexibility index (Phi) is 4.61. The molecular weight excluding hydrogens is 246 g/mol. The van der Waals surface area contributed by atoms with Crippen LogP contribution in [0, 0.1) is 5.92 Å². The number of hydrogen-bond acceptors (Lipinski definition) is 2. The molecule has 2 rings (SSSR count). The van der Waals surface area contributed by atoms with Crippen LogP contribution in [-0.4, -0.2) is 36.4 Å². The topological polar surface area (TPSA) is 24.4 Å². The van der Waals surface area contributed by atoms with Crippen molar-refractivity contribution in [3.8, 4) is 0 Å². The molecule has 0 radical (unpaired) electrons. The Morgan fingerprint density at radius 3 is 2.70 bits per heavy atom. The lowest BCUT2D eigenvalue weighted by Crippen LogP contribution is -2.58.